The SMILES string of the molecule is Cc1ncsc1CNc1ccc(C(C)(C)C)cn1. The van der Waals surface area contributed by atoms with Gasteiger partial charge in [0.1, 0.15) is 5.82 Å². The second-order valence-electron chi connectivity index (χ2n) is 5.40. The monoisotopic (exact) mass is 261 g/mol. The number of hydrogen-bond donors (Lipinski definition) is 1. The Morgan fingerprint density at radius 1 is 1.22 bits per heavy atom. The molecule has 1 N–H and O–H groups in total. The van der Waals surface area contributed by atoms with Crippen molar-refractivity contribution in [2.45, 2.75) is 39.7 Å². The summed E-state index contributed by atoms with van der Waals surface area (Å²) in [6, 6.07) is 4.17. The van der Waals surface area contributed by atoms with E-state index in [1.807, 2.05) is 24.7 Å². The highest BCUT2D eigenvalue weighted by molar-refractivity contribution is 7.09. The number of aryl methyl sites for hydroxylation is 1. The number of pyridine rings is 1. The Labute approximate surface area is 112 Å². The predicted octanol–water partition coefficient (Wildman–Crippen LogP) is 3.76. The molecule has 96 valence electrons. The first kappa shape index (κ1) is 13.0. The Kier molecular flexibility index (Phi) is 3.66. The van der Waals surface area contributed by atoms with Gasteiger partial charge >= 0.3 is 0 Å². The highest BCUT2D eigenvalue weighted by Crippen LogP contribution is 2.22. The van der Waals surface area contributed by atoms with E-state index in [0.717, 1.165) is 18.1 Å². The van der Waals surface area contributed by atoms with Gasteiger partial charge in [0, 0.05) is 11.1 Å². The lowest BCUT2D eigenvalue weighted by Gasteiger charge is -2.18. The number of nitrogens with one attached hydrogen (secondary N) is 1. The molecule has 2 rings (SSSR count). The van der Waals surface area contributed by atoms with Gasteiger partial charge in [-0.2, -0.15) is 0 Å². The van der Waals surface area contributed by atoms with Crippen LogP contribution in [0.25, 0.3) is 0 Å². The largest absolute Gasteiger partial charge is 0.365 e. The lowest BCUT2D eigenvalue weighted by atomic mass is 9.88. The summed E-state index contributed by atoms with van der Waals surface area (Å²) < 4.78 is 0. The van der Waals surface area contributed by atoms with Crippen LogP contribution in [-0.2, 0) is 12.0 Å². The summed E-state index contributed by atoms with van der Waals surface area (Å²) in [5, 5.41) is 3.33. The van der Waals surface area contributed by atoms with Gasteiger partial charge in [0.25, 0.3) is 0 Å². The average Bonchev–Trinajstić information content (AvgIpc) is 2.72. The van der Waals surface area contributed by atoms with Gasteiger partial charge in [-0.05, 0) is 24.0 Å². The maximum Gasteiger partial charge on any atom is 0.126 e. The van der Waals surface area contributed by atoms with Crippen LogP contribution >= 0.6 is 11.3 Å². The van der Waals surface area contributed by atoms with Gasteiger partial charge in [-0.25, -0.2) is 9.97 Å². The number of thiazole rings is 1. The molecule has 0 fully saturated rings. The molecule has 0 amide bonds. The molecular weight excluding hydrogens is 242 g/mol. The number of rotatable bonds is 3. The van der Waals surface area contributed by atoms with Crippen molar-refractivity contribution in [1.29, 1.82) is 0 Å². The van der Waals surface area contributed by atoms with E-state index in [1.54, 1.807) is 11.3 Å². The summed E-state index contributed by atoms with van der Waals surface area (Å²) >= 11 is 1.67. The van der Waals surface area contributed by atoms with Crippen molar-refractivity contribution in [3.63, 3.8) is 0 Å². The Bertz CT molecular complexity index is 509. The normalized spacial score (nSPS) is 11.6. The maximum atomic E-state index is 4.45. The molecule has 4 heteroatoms. The zero-order valence-electron chi connectivity index (χ0n) is 11.3. The summed E-state index contributed by atoms with van der Waals surface area (Å²) in [5.41, 5.74) is 4.38. The summed E-state index contributed by atoms with van der Waals surface area (Å²) in [7, 11) is 0. The predicted molar refractivity (Wildman–Crippen MR) is 77.1 cm³/mol. The molecule has 0 aliphatic heterocycles. The number of nitrogens with zero attached hydrogens (tertiary/aromatic N) is 2. The molecule has 0 saturated carbocycles. The molecule has 0 unspecified atom stereocenters. The van der Waals surface area contributed by atoms with Gasteiger partial charge < -0.3 is 5.32 Å². The molecule has 2 aromatic rings. The molecule has 0 bridgehead atoms. The molecule has 18 heavy (non-hydrogen) atoms. The van der Waals surface area contributed by atoms with Crippen molar-refractivity contribution in [3.05, 3.63) is 40.0 Å². The fourth-order valence-electron chi connectivity index (χ4n) is 1.61. The molecular formula is C14H19N3S. The summed E-state index contributed by atoms with van der Waals surface area (Å²) in [5.74, 6) is 0.913. The van der Waals surface area contributed by atoms with Crippen LogP contribution in [0.15, 0.2) is 23.8 Å². The Balaban J connectivity index is 2.01. The zero-order chi connectivity index (χ0) is 13.2. The molecule has 0 aromatic carbocycles. The van der Waals surface area contributed by atoms with Gasteiger partial charge in [0.15, 0.2) is 0 Å². The molecule has 0 aliphatic carbocycles. The first-order chi connectivity index (χ1) is 8.47. The summed E-state index contributed by atoms with van der Waals surface area (Å²) in [6.07, 6.45) is 1.95. The first-order valence-electron chi connectivity index (χ1n) is 6.06. The minimum atomic E-state index is 0.153. The second kappa shape index (κ2) is 5.06. The Hall–Kier alpha value is -1.42. The molecule has 0 atom stereocenters. The fraction of sp³-hybridized carbons (Fsp3) is 0.429. The molecule has 2 heterocycles. The van der Waals surface area contributed by atoms with Crippen molar-refractivity contribution in [2.24, 2.45) is 0 Å². The molecule has 0 saturated heterocycles. The molecule has 2 aromatic heterocycles. The lowest BCUT2D eigenvalue weighted by molar-refractivity contribution is 0.587. The first-order valence-corrected chi connectivity index (χ1v) is 6.94. The molecule has 0 radical (unpaired) electrons. The van der Waals surface area contributed by atoms with Crippen molar-refractivity contribution in [3.8, 4) is 0 Å². The number of anilines is 1. The van der Waals surface area contributed by atoms with E-state index in [-0.39, 0.29) is 5.41 Å². The van der Waals surface area contributed by atoms with Crippen LogP contribution in [0, 0.1) is 6.92 Å². The molecule has 0 spiro atoms. The third-order valence-electron chi connectivity index (χ3n) is 2.90. The minimum absolute atomic E-state index is 0.153. The van der Waals surface area contributed by atoms with E-state index in [2.05, 4.69) is 42.1 Å². The molecule has 3 nitrogen and oxygen atoms in total. The van der Waals surface area contributed by atoms with Crippen LogP contribution in [0.5, 0.6) is 0 Å². The van der Waals surface area contributed by atoms with Crippen LogP contribution in [0.3, 0.4) is 0 Å². The van der Waals surface area contributed by atoms with E-state index in [1.165, 1.54) is 10.4 Å². The zero-order valence-corrected chi connectivity index (χ0v) is 12.1. The van der Waals surface area contributed by atoms with Gasteiger partial charge in [-0.15, -0.1) is 11.3 Å². The van der Waals surface area contributed by atoms with E-state index in [4.69, 9.17) is 0 Å². The van der Waals surface area contributed by atoms with Gasteiger partial charge in [-0.1, -0.05) is 26.8 Å². The van der Waals surface area contributed by atoms with Crippen LogP contribution in [0.1, 0.15) is 36.9 Å². The quantitative estimate of drug-likeness (QED) is 0.914. The Morgan fingerprint density at radius 2 is 2.00 bits per heavy atom. The smallest absolute Gasteiger partial charge is 0.126 e. The van der Waals surface area contributed by atoms with Gasteiger partial charge in [-0.3, -0.25) is 0 Å². The van der Waals surface area contributed by atoms with Gasteiger partial charge in [0.2, 0.25) is 0 Å². The van der Waals surface area contributed by atoms with Crippen molar-refractivity contribution >= 4 is 17.2 Å². The van der Waals surface area contributed by atoms with Crippen molar-refractivity contribution < 1.29 is 0 Å². The van der Waals surface area contributed by atoms with Crippen LogP contribution < -0.4 is 5.32 Å². The van der Waals surface area contributed by atoms with E-state index >= 15 is 0 Å². The number of hydrogen-bond acceptors (Lipinski definition) is 4. The maximum absolute atomic E-state index is 4.45. The highest BCUT2D eigenvalue weighted by atomic mass is 32.1. The van der Waals surface area contributed by atoms with E-state index < -0.39 is 0 Å². The third kappa shape index (κ3) is 3.07. The topological polar surface area (TPSA) is 37.8 Å². The van der Waals surface area contributed by atoms with Crippen molar-refractivity contribution in [1.82, 2.24) is 9.97 Å². The van der Waals surface area contributed by atoms with Crippen molar-refractivity contribution in [2.75, 3.05) is 5.32 Å². The lowest BCUT2D eigenvalue weighted by Crippen LogP contribution is -2.11. The van der Waals surface area contributed by atoms with E-state index in [9.17, 15) is 0 Å². The highest BCUT2D eigenvalue weighted by Gasteiger charge is 2.13. The minimum Gasteiger partial charge on any atom is -0.365 e. The average molecular weight is 261 g/mol. The number of aromatic nitrogens is 2. The Morgan fingerprint density at radius 3 is 2.50 bits per heavy atom. The molecule has 0 aliphatic rings. The fourth-order valence-corrected chi connectivity index (χ4v) is 2.33. The van der Waals surface area contributed by atoms with Crippen LogP contribution in [0.2, 0.25) is 0 Å². The van der Waals surface area contributed by atoms with Crippen LogP contribution in [0.4, 0.5) is 5.82 Å². The third-order valence-corrected chi connectivity index (χ3v) is 3.84. The summed E-state index contributed by atoms with van der Waals surface area (Å²) in [4.78, 5) is 9.94. The second-order valence-corrected chi connectivity index (χ2v) is 6.34. The van der Waals surface area contributed by atoms with Gasteiger partial charge in [0.05, 0.1) is 17.7 Å². The van der Waals surface area contributed by atoms with Crippen LogP contribution in [-0.4, -0.2) is 9.97 Å². The van der Waals surface area contributed by atoms with E-state index in [0.29, 0.717) is 0 Å². The standard InChI is InChI=1S/C14H19N3S/c1-10-12(18-9-17-10)8-16-13-6-5-11(7-15-13)14(2,3)4/h5-7,9H,8H2,1-4H3,(H,15,16). The summed E-state index contributed by atoms with van der Waals surface area (Å²) in [6.45, 7) is 9.40.